The van der Waals surface area contributed by atoms with Crippen molar-refractivity contribution in [1.29, 1.82) is 0 Å². The Bertz CT molecular complexity index is 568. The number of hydrogen-bond acceptors (Lipinski definition) is 2. The van der Waals surface area contributed by atoms with Gasteiger partial charge in [-0.1, -0.05) is 42.5 Å². The van der Waals surface area contributed by atoms with E-state index in [0.29, 0.717) is 10.5 Å². The molecule has 0 aliphatic heterocycles. The number of benzene rings is 2. The van der Waals surface area contributed by atoms with Gasteiger partial charge in [0.2, 0.25) is 0 Å². The monoisotopic (exact) mass is 285 g/mol. The molecule has 0 heterocycles. The average Bonchev–Trinajstić information content (AvgIpc) is 2.46. The Balaban J connectivity index is 1.87. The minimum Gasteiger partial charge on any atom is -0.350 e. The molecule has 0 bridgehead atoms. The molecule has 0 spiro atoms. The molecule has 0 radical (unpaired) electrons. The molecule has 2 aromatic carbocycles. The van der Waals surface area contributed by atoms with E-state index in [1.54, 1.807) is 6.07 Å². The third-order valence-corrected chi connectivity index (χ3v) is 3.62. The van der Waals surface area contributed by atoms with Crippen molar-refractivity contribution in [2.45, 2.75) is 30.7 Å². The van der Waals surface area contributed by atoms with Gasteiger partial charge in [0.1, 0.15) is 0 Å². The number of carbonyl (C=O) groups excluding carboxylic acids is 1. The van der Waals surface area contributed by atoms with Crippen LogP contribution in [0.3, 0.4) is 0 Å². The van der Waals surface area contributed by atoms with Crippen molar-refractivity contribution < 1.29 is 4.79 Å². The average molecular weight is 285 g/mol. The first-order chi connectivity index (χ1) is 9.66. The molecule has 0 aliphatic carbocycles. The van der Waals surface area contributed by atoms with Crippen LogP contribution in [0, 0.1) is 0 Å². The summed E-state index contributed by atoms with van der Waals surface area (Å²) in [5, 5.41) is 3.02. The van der Waals surface area contributed by atoms with Crippen LogP contribution in [0.2, 0.25) is 0 Å². The molecule has 1 unspecified atom stereocenters. The number of nitrogens with one attached hydrogen (secondary N) is 1. The van der Waals surface area contributed by atoms with Gasteiger partial charge in [-0.05, 0) is 37.5 Å². The summed E-state index contributed by atoms with van der Waals surface area (Å²) in [6.45, 7) is 2.03. The number of hydrogen-bond donors (Lipinski definition) is 2. The first kappa shape index (κ1) is 14.7. The zero-order chi connectivity index (χ0) is 14.4. The Kier molecular flexibility index (Phi) is 5.24. The van der Waals surface area contributed by atoms with Gasteiger partial charge >= 0.3 is 0 Å². The number of thiol groups is 1. The van der Waals surface area contributed by atoms with Gasteiger partial charge in [0.05, 0.1) is 5.56 Å². The molecule has 2 aromatic rings. The van der Waals surface area contributed by atoms with Crippen molar-refractivity contribution in [3.05, 3.63) is 65.7 Å². The Morgan fingerprint density at radius 1 is 1.10 bits per heavy atom. The maximum atomic E-state index is 12.1. The number of amides is 1. The van der Waals surface area contributed by atoms with Crippen molar-refractivity contribution >= 4 is 18.5 Å². The fourth-order valence-corrected chi connectivity index (χ4v) is 2.33. The fraction of sp³-hybridized carbons (Fsp3) is 0.235. The molecule has 104 valence electrons. The Morgan fingerprint density at radius 3 is 2.45 bits per heavy atom. The summed E-state index contributed by atoms with van der Waals surface area (Å²) in [4.78, 5) is 12.8. The standard InChI is InChI=1S/C17H19NOS/c1-13(11-12-14-7-3-2-4-8-14)18-17(19)15-9-5-6-10-16(15)20/h2-10,13,20H,11-12H2,1H3,(H,18,19). The van der Waals surface area contributed by atoms with Gasteiger partial charge in [0, 0.05) is 10.9 Å². The summed E-state index contributed by atoms with van der Waals surface area (Å²) >= 11 is 4.31. The van der Waals surface area contributed by atoms with Gasteiger partial charge in [-0.25, -0.2) is 0 Å². The van der Waals surface area contributed by atoms with Gasteiger partial charge in [-0.15, -0.1) is 12.6 Å². The van der Waals surface area contributed by atoms with Crippen LogP contribution in [0.5, 0.6) is 0 Å². The lowest BCUT2D eigenvalue weighted by Gasteiger charge is -2.14. The van der Waals surface area contributed by atoms with Crippen LogP contribution in [0.15, 0.2) is 59.5 Å². The van der Waals surface area contributed by atoms with Crippen molar-refractivity contribution in [3.63, 3.8) is 0 Å². The van der Waals surface area contributed by atoms with Crippen LogP contribution in [0.1, 0.15) is 29.3 Å². The Labute approximate surface area is 125 Å². The van der Waals surface area contributed by atoms with Gasteiger partial charge in [-0.2, -0.15) is 0 Å². The summed E-state index contributed by atoms with van der Waals surface area (Å²) in [7, 11) is 0. The molecule has 2 nitrogen and oxygen atoms in total. The van der Waals surface area contributed by atoms with Gasteiger partial charge in [0.15, 0.2) is 0 Å². The Hall–Kier alpha value is -1.74. The molecule has 0 fully saturated rings. The van der Waals surface area contributed by atoms with Crippen molar-refractivity contribution in [1.82, 2.24) is 5.32 Å². The molecule has 0 saturated heterocycles. The summed E-state index contributed by atoms with van der Waals surface area (Å²) in [5.41, 5.74) is 1.92. The highest BCUT2D eigenvalue weighted by Gasteiger charge is 2.11. The second kappa shape index (κ2) is 7.15. The molecule has 1 N–H and O–H groups in total. The maximum absolute atomic E-state index is 12.1. The summed E-state index contributed by atoms with van der Waals surface area (Å²) in [5.74, 6) is -0.0591. The SMILES string of the molecule is CC(CCc1ccccc1)NC(=O)c1ccccc1S. The number of aryl methyl sites for hydroxylation is 1. The smallest absolute Gasteiger partial charge is 0.252 e. The van der Waals surface area contributed by atoms with E-state index < -0.39 is 0 Å². The van der Waals surface area contributed by atoms with Crippen molar-refractivity contribution in [3.8, 4) is 0 Å². The summed E-state index contributed by atoms with van der Waals surface area (Å²) in [6, 6.07) is 17.8. The molecule has 20 heavy (non-hydrogen) atoms. The predicted octanol–water partition coefficient (Wildman–Crippen LogP) is 3.73. The lowest BCUT2D eigenvalue weighted by Crippen LogP contribution is -2.33. The largest absolute Gasteiger partial charge is 0.350 e. The number of rotatable bonds is 5. The van der Waals surface area contributed by atoms with Gasteiger partial charge < -0.3 is 5.32 Å². The van der Waals surface area contributed by atoms with Crippen LogP contribution in [0.4, 0.5) is 0 Å². The zero-order valence-electron chi connectivity index (χ0n) is 11.5. The van der Waals surface area contributed by atoms with Crippen molar-refractivity contribution in [2.24, 2.45) is 0 Å². The molecule has 0 saturated carbocycles. The van der Waals surface area contributed by atoms with E-state index in [0.717, 1.165) is 12.8 Å². The quantitative estimate of drug-likeness (QED) is 0.805. The normalized spacial score (nSPS) is 11.9. The van der Waals surface area contributed by atoms with E-state index in [2.05, 4.69) is 30.1 Å². The predicted molar refractivity (Wildman–Crippen MR) is 85.4 cm³/mol. The third kappa shape index (κ3) is 4.14. The van der Waals surface area contributed by atoms with Crippen LogP contribution in [-0.4, -0.2) is 11.9 Å². The third-order valence-electron chi connectivity index (χ3n) is 3.24. The molecular weight excluding hydrogens is 266 g/mol. The minimum absolute atomic E-state index is 0.0591. The second-order valence-electron chi connectivity index (χ2n) is 4.92. The van der Waals surface area contributed by atoms with E-state index in [9.17, 15) is 4.79 Å². The lowest BCUT2D eigenvalue weighted by atomic mass is 10.1. The van der Waals surface area contributed by atoms with Crippen LogP contribution in [0.25, 0.3) is 0 Å². The molecule has 0 aliphatic rings. The molecule has 0 aromatic heterocycles. The molecule has 1 amide bonds. The highest BCUT2D eigenvalue weighted by molar-refractivity contribution is 7.80. The van der Waals surface area contributed by atoms with Gasteiger partial charge in [0.25, 0.3) is 5.91 Å². The Morgan fingerprint density at radius 2 is 1.75 bits per heavy atom. The molecular formula is C17H19NOS. The maximum Gasteiger partial charge on any atom is 0.252 e. The first-order valence-corrected chi connectivity index (χ1v) is 7.24. The van der Waals surface area contributed by atoms with E-state index in [1.807, 2.05) is 43.3 Å². The highest BCUT2D eigenvalue weighted by atomic mass is 32.1. The minimum atomic E-state index is -0.0591. The van der Waals surface area contributed by atoms with Gasteiger partial charge in [-0.3, -0.25) is 4.79 Å². The first-order valence-electron chi connectivity index (χ1n) is 6.79. The molecule has 2 rings (SSSR count). The highest BCUT2D eigenvalue weighted by Crippen LogP contribution is 2.13. The van der Waals surface area contributed by atoms with Crippen LogP contribution in [-0.2, 0) is 6.42 Å². The fourth-order valence-electron chi connectivity index (χ4n) is 2.07. The van der Waals surface area contributed by atoms with E-state index in [1.165, 1.54) is 5.56 Å². The van der Waals surface area contributed by atoms with E-state index in [4.69, 9.17) is 0 Å². The lowest BCUT2D eigenvalue weighted by molar-refractivity contribution is 0.0935. The van der Waals surface area contributed by atoms with Crippen LogP contribution < -0.4 is 5.32 Å². The van der Waals surface area contributed by atoms with Crippen molar-refractivity contribution in [2.75, 3.05) is 0 Å². The second-order valence-corrected chi connectivity index (χ2v) is 5.40. The summed E-state index contributed by atoms with van der Waals surface area (Å²) < 4.78 is 0. The topological polar surface area (TPSA) is 29.1 Å². The zero-order valence-corrected chi connectivity index (χ0v) is 12.4. The summed E-state index contributed by atoms with van der Waals surface area (Å²) in [6.07, 6.45) is 1.88. The van der Waals surface area contributed by atoms with Crippen LogP contribution >= 0.6 is 12.6 Å². The molecule has 3 heteroatoms. The molecule has 1 atom stereocenters. The van der Waals surface area contributed by atoms with E-state index in [-0.39, 0.29) is 11.9 Å². The number of carbonyl (C=O) groups is 1. The van der Waals surface area contributed by atoms with E-state index >= 15 is 0 Å².